The first-order valence-electron chi connectivity index (χ1n) is 5.63. The Kier molecular flexibility index (Phi) is 3.74. The van der Waals surface area contributed by atoms with Gasteiger partial charge in [0.15, 0.2) is 0 Å². The highest BCUT2D eigenvalue weighted by Gasteiger charge is 2.72. The van der Waals surface area contributed by atoms with E-state index < -0.39 is 35.6 Å². The van der Waals surface area contributed by atoms with Crippen molar-refractivity contribution >= 4 is 11.9 Å². The molecular weight excluding hydrogens is 232 g/mol. The van der Waals surface area contributed by atoms with Crippen LogP contribution in [0.2, 0.25) is 0 Å². The van der Waals surface area contributed by atoms with E-state index in [2.05, 4.69) is 5.32 Å². The lowest BCUT2D eigenvalue weighted by molar-refractivity contribution is -0.142. The molecule has 0 radical (unpaired) electrons. The van der Waals surface area contributed by atoms with Crippen molar-refractivity contribution in [3.63, 3.8) is 0 Å². The summed E-state index contributed by atoms with van der Waals surface area (Å²) in [4.78, 5) is 22.3. The molecule has 0 aromatic rings. The molecule has 0 aromatic heterocycles. The zero-order valence-corrected chi connectivity index (χ0v) is 9.93. The maximum atomic E-state index is 12.9. The van der Waals surface area contributed by atoms with Gasteiger partial charge in [0.2, 0.25) is 5.91 Å². The highest BCUT2D eigenvalue weighted by molar-refractivity contribution is 5.87. The summed E-state index contributed by atoms with van der Waals surface area (Å²) in [6.07, 6.45) is 0.625. The molecule has 2 N–H and O–H groups in total. The number of carboxylic acid groups (broad SMARTS) is 1. The highest BCUT2D eigenvalue weighted by atomic mass is 19.3. The average Bonchev–Trinajstić information content (AvgIpc) is 2.73. The number of hydrogen-bond donors (Lipinski definition) is 2. The predicted molar refractivity (Wildman–Crippen MR) is 56.7 cm³/mol. The quantitative estimate of drug-likeness (QED) is 0.752. The maximum Gasteiger partial charge on any atom is 0.308 e. The number of amides is 1. The minimum absolute atomic E-state index is 0.0896. The van der Waals surface area contributed by atoms with E-state index in [-0.39, 0.29) is 6.54 Å². The van der Waals surface area contributed by atoms with Crippen LogP contribution < -0.4 is 5.32 Å². The van der Waals surface area contributed by atoms with Crippen LogP contribution in [0.1, 0.15) is 33.1 Å². The molecule has 1 saturated carbocycles. The molecule has 4 nitrogen and oxygen atoms in total. The molecule has 0 aromatic carbocycles. The van der Waals surface area contributed by atoms with Crippen LogP contribution in [0, 0.1) is 11.3 Å². The molecule has 0 aliphatic heterocycles. The van der Waals surface area contributed by atoms with Crippen molar-refractivity contribution in [1.82, 2.24) is 5.32 Å². The molecule has 17 heavy (non-hydrogen) atoms. The van der Waals surface area contributed by atoms with Crippen molar-refractivity contribution in [1.29, 1.82) is 0 Å². The molecule has 0 spiro atoms. The molecule has 0 saturated heterocycles. The summed E-state index contributed by atoms with van der Waals surface area (Å²) in [5, 5.41) is 11.1. The second-order valence-corrected chi connectivity index (χ2v) is 4.75. The van der Waals surface area contributed by atoms with Crippen molar-refractivity contribution in [2.24, 2.45) is 11.3 Å². The van der Waals surface area contributed by atoms with Gasteiger partial charge in [-0.1, -0.05) is 13.3 Å². The molecule has 0 unspecified atom stereocenters. The number of hydrogen-bond acceptors (Lipinski definition) is 2. The van der Waals surface area contributed by atoms with Crippen molar-refractivity contribution < 1.29 is 23.5 Å². The summed E-state index contributed by atoms with van der Waals surface area (Å²) in [7, 11) is 0. The van der Waals surface area contributed by atoms with Crippen molar-refractivity contribution in [3.05, 3.63) is 0 Å². The lowest BCUT2D eigenvalue weighted by atomic mass is 10.0. The Hall–Kier alpha value is -1.20. The topological polar surface area (TPSA) is 66.4 Å². The monoisotopic (exact) mass is 249 g/mol. The van der Waals surface area contributed by atoms with Crippen molar-refractivity contribution in [2.45, 2.75) is 39.0 Å². The number of carbonyl (C=O) groups is 2. The Labute approximate surface area is 98.4 Å². The van der Waals surface area contributed by atoms with E-state index in [0.717, 1.165) is 0 Å². The fourth-order valence-electron chi connectivity index (χ4n) is 1.72. The van der Waals surface area contributed by atoms with Gasteiger partial charge < -0.3 is 10.4 Å². The fraction of sp³-hybridized carbons (Fsp3) is 0.818. The van der Waals surface area contributed by atoms with Crippen LogP contribution in [0.4, 0.5) is 8.78 Å². The first kappa shape index (κ1) is 13.9. The van der Waals surface area contributed by atoms with Crippen LogP contribution in [0.5, 0.6) is 0 Å². The summed E-state index contributed by atoms with van der Waals surface area (Å²) in [5.74, 6) is -5.44. The maximum absolute atomic E-state index is 12.9. The van der Waals surface area contributed by atoms with Gasteiger partial charge in [-0.15, -0.1) is 0 Å². The molecule has 98 valence electrons. The first-order valence-corrected chi connectivity index (χ1v) is 5.63. The number of alkyl halides is 2. The van der Waals surface area contributed by atoms with Crippen LogP contribution in [-0.2, 0) is 9.59 Å². The van der Waals surface area contributed by atoms with Crippen molar-refractivity contribution in [2.75, 3.05) is 6.54 Å². The van der Waals surface area contributed by atoms with Crippen LogP contribution in [0.3, 0.4) is 0 Å². The SMILES string of the molecule is CCC[C@H](CNC(=O)[C@@]1(C)CC1(F)F)C(=O)O. The number of carboxylic acids is 1. The third-order valence-electron chi connectivity index (χ3n) is 3.25. The van der Waals surface area contributed by atoms with E-state index in [1.807, 2.05) is 6.92 Å². The Bertz CT molecular complexity index is 333. The molecule has 0 heterocycles. The Morgan fingerprint density at radius 3 is 2.35 bits per heavy atom. The van der Waals surface area contributed by atoms with Crippen LogP contribution >= 0.6 is 0 Å². The van der Waals surface area contributed by atoms with Crippen molar-refractivity contribution in [3.8, 4) is 0 Å². The molecule has 0 bridgehead atoms. The number of halogens is 2. The van der Waals surface area contributed by atoms with Crippen LogP contribution in [0.15, 0.2) is 0 Å². The number of carbonyl (C=O) groups excluding carboxylic acids is 1. The zero-order valence-electron chi connectivity index (χ0n) is 9.93. The Morgan fingerprint density at radius 1 is 1.47 bits per heavy atom. The van der Waals surface area contributed by atoms with Crippen LogP contribution in [0.25, 0.3) is 0 Å². The van der Waals surface area contributed by atoms with Gasteiger partial charge in [-0.25, -0.2) is 8.78 Å². The summed E-state index contributed by atoms with van der Waals surface area (Å²) in [5.41, 5.74) is -1.65. The second kappa shape index (κ2) is 4.58. The highest BCUT2D eigenvalue weighted by Crippen LogP contribution is 2.60. The van der Waals surface area contributed by atoms with Gasteiger partial charge >= 0.3 is 5.97 Å². The predicted octanol–water partition coefficient (Wildman–Crippen LogP) is 1.65. The lowest BCUT2D eigenvalue weighted by Crippen LogP contribution is -2.38. The minimum Gasteiger partial charge on any atom is -0.481 e. The summed E-state index contributed by atoms with van der Waals surface area (Å²) in [6, 6.07) is 0. The normalized spacial score (nSPS) is 27.3. The smallest absolute Gasteiger partial charge is 0.308 e. The number of aliphatic carboxylic acids is 1. The average molecular weight is 249 g/mol. The van der Waals surface area contributed by atoms with Gasteiger partial charge in [0.05, 0.1) is 5.92 Å². The van der Waals surface area contributed by atoms with Gasteiger partial charge in [-0.2, -0.15) is 0 Å². The first-order chi connectivity index (χ1) is 7.74. The van der Waals surface area contributed by atoms with Gasteiger partial charge in [0.1, 0.15) is 5.41 Å². The number of rotatable bonds is 6. The minimum atomic E-state index is -2.96. The van der Waals surface area contributed by atoms with E-state index >= 15 is 0 Å². The molecule has 1 fully saturated rings. The fourth-order valence-corrected chi connectivity index (χ4v) is 1.72. The number of nitrogens with one attached hydrogen (secondary N) is 1. The Balaban J connectivity index is 2.45. The van der Waals surface area contributed by atoms with E-state index in [9.17, 15) is 18.4 Å². The van der Waals surface area contributed by atoms with Gasteiger partial charge in [-0.3, -0.25) is 9.59 Å². The molecular formula is C11H17F2NO3. The van der Waals surface area contributed by atoms with Gasteiger partial charge in [-0.05, 0) is 13.3 Å². The molecule has 6 heteroatoms. The van der Waals surface area contributed by atoms with Crippen LogP contribution in [-0.4, -0.2) is 29.5 Å². The second-order valence-electron chi connectivity index (χ2n) is 4.75. The lowest BCUT2D eigenvalue weighted by Gasteiger charge is -2.15. The van der Waals surface area contributed by atoms with Gasteiger partial charge in [0.25, 0.3) is 5.92 Å². The molecule has 2 atom stereocenters. The molecule has 1 rings (SSSR count). The summed E-state index contributed by atoms with van der Waals surface area (Å²) >= 11 is 0. The summed E-state index contributed by atoms with van der Waals surface area (Å²) in [6.45, 7) is 2.93. The van der Waals surface area contributed by atoms with E-state index in [1.165, 1.54) is 6.92 Å². The molecule has 1 aliphatic rings. The van der Waals surface area contributed by atoms with Gasteiger partial charge in [0, 0.05) is 13.0 Å². The van der Waals surface area contributed by atoms with E-state index in [1.54, 1.807) is 0 Å². The largest absolute Gasteiger partial charge is 0.481 e. The molecule has 1 amide bonds. The van der Waals surface area contributed by atoms with E-state index in [0.29, 0.717) is 12.8 Å². The third-order valence-corrected chi connectivity index (χ3v) is 3.25. The zero-order chi connectivity index (χ0) is 13.3. The third kappa shape index (κ3) is 2.73. The summed E-state index contributed by atoms with van der Waals surface area (Å²) < 4.78 is 25.8. The Morgan fingerprint density at radius 2 is 2.00 bits per heavy atom. The molecule has 1 aliphatic carbocycles. The standard InChI is InChI=1S/C11H17F2NO3/c1-3-4-7(8(15)16)5-14-9(17)10(2)6-11(10,12)13/h7H,3-6H2,1-2H3,(H,14,17)(H,15,16)/t7-,10-/m1/s1. The van der Waals surface area contributed by atoms with E-state index in [4.69, 9.17) is 5.11 Å².